The van der Waals surface area contributed by atoms with E-state index in [1.165, 1.54) is 13.2 Å². The summed E-state index contributed by atoms with van der Waals surface area (Å²) in [7, 11) is 1.52. The molecule has 30 heavy (non-hydrogen) atoms. The summed E-state index contributed by atoms with van der Waals surface area (Å²) in [5, 5.41) is 11.8. The lowest BCUT2D eigenvalue weighted by Gasteiger charge is -2.06. The Morgan fingerprint density at radius 3 is 2.80 bits per heavy atom. The fourth-order valence-corrected chi connectivity index (χ4v) is 4.10. The van der Waals surface area contributed by atoms with Crippen LogP contribution in [0.3, 0.4) is 0 Å². The number of rotatable bonds is 3. The zero-order valence-electron chi connectivity index (χ0n) is 15.6. The van der Waals surface area contributed by atoms with E-state index in [0.717, 1.165) is 15.9 Å². The molecular weight excluding hydrogens is 408 g/mol. The molecule has 3 aromatic rings. The first-order valence-corrected chi connectivity index (χ1v) is 9.70. The minimum Gasteiger partial charge on any atom is -0.497 e. The molecule has 0 unspecified atom stereocenters. The van der Waals surface area contributed by atoms with Crippen LogP contribution >= 0.6 is 11.3 Å². The van der Waals surface area contributed by atoms with Gasteiger partial charge in [-0.1, -0.05) is 17.4 Å². The number of benzene rings is 2. The minimum absolute atomic E-state index is 0.120. The lowest BCUT2D eigenvalue weighted by molar-refractivity contribution is -0.114. The normalized spacial score (nSPS) is 15.5. The molecule has 0 fully saturated rings. The molecule has 3 heterocycles. The summed E-state index contributed by atoms with van der Waals surface area (Å²) in [6.07, 6.45) is 3.10. The summed E-state index contributed by atoms with van der Waals surface area (Å²) >= 11 is 0.828. The number of ether oxygens (including phenoxy) is 3. The van der Waals surface area contributed by atoms with Gasteiger partial charge in [0.2, 0.25) is 12.7 Å². The van der Waals surface area contributed by atoms with Crippen molar-refractivity contribution in [3.05, 3.63) is 67.1 Å². The molecule has 9 heteroatoms. The molecule has 5 rings (SSSR count). The standard InChI is InChI=1S/C21H14N2O6S/c1-27-14-4-2-3-13(8-14)23-20(25)18(30-21(23)26)7-12-5-11-6-16-17(29-10-28-16)9-15(11)22-19(12)24/h2-9,25H,10H2,1H3/b12-7+. The zero-order chi connectivity index (χ0) is 20.8. The van der Waals surface area contributed by atoms with Crippen molar-refractivity contribution in [1.82, 2.24) is 4.57 Å². The molecule has 2 aromatic carbocycles. The third-order valence-electron chi connectivity index (χ3n) is 4.71. The predicted molar refractivity (Wildman–Crippen MR) is 109 cm³/mol. The highest BCUT2D eigenvalue weighted by Crippen LogP contribution is 2.30. The van der Waals surface area contributed by atoms with Gasteiger partial charge in [0.05, 0.1) is 23.0 Å². The van der Waals surface area contributed by atoms with E-state index in [2.05, 4.69) is 4.99 Å². The van der Waals surface area contributed by atoms with Crippen molar-refractivity contribution in [2.24, 2.45) is 4.99 Å². The molecule has 0 saturated carbocycles. The van der Waals surface area contributed by atoms with Crippen LogP contribution in [0.1, 0.15) is 4.88 Å². The van der Waals surface area contributed by atoms with Crippen LogP contribution in [-0.4, -0.2) is 29.5 Å². The van der Waals surface area contributed by atoms with Crippen molar-refractivity contribution in [2.75, 3.05) is 13.9 Å². The van der Waals surface area contributed by atoms with Gasteiger partial charge in [-0.15, -0.1) is 0 Å². The number of aromatic hydroxyl groups is 1. The Morgan fingerprint density at radius 2 is 2.00 bits per heavy atom. The number of hydrogen-bond donors (Lipinski definition) is 1. The Bertz CT molecular complexity index is 1420. The number of hydrogen-bond acceptors (Lipinski definition) is 7. The van der Waals surface area contributed by atoms with Gasteiger partial charge in [-0.25, -0.2) is 9.56 Å². The largest absolute Gasteiger partial charge is 0.497 e. The molecule has 8 nitrogen and oxygen atoms in total. The summed E-state index contributed by atoms with van der Waals surface area (Å²) in [6, 6.07) is 10.2. The van der Waals surface area contributed by atoms with Gasteiger partial charge in [0.1, 0.15) is 5.75 Å². The second-order valence-corrected chi connectivity index (χ2v) is 7.51. The molecular formula is C21H14N2O6S. The minimum atomic E-state index is -0.477. The second-order valence-electron chi connectivity index (χ2n) is 6.52. The molecule has 2 aliphatic rings. The van der Waals surface area contributed by atoms with E-state index in [0.29, 0.717) is 33.5 Å². The fourth-order valence-electron chi connectivity index (χ4n) is 3.26. The maximum atomic E-state index is 12.5. The Kier molecular flexibility index (Phi) is 4.18. The van der Waals surface area contributed by atoms with E-state index in [4.69, 9.17) is 14.2 Å². The smallest absolute Gasteiger partial charge is 0.315 e. The number of fused-ring (bicyclic) bond motifs is 2. The van der Waals surface area contributed by atoms with Gasteiger partial charge in [0.15, 0.2) is 11.5 Å². The predicted octanol–water partition coefficient (Wildman–Crippen LogP) is 1.37. The van der Waals surface area contributed by atoms with E-state index < -0.39 is 10.8 Å². The quantitative estimate of drug-likeness (QED) is 0.640. The molecule has 0 bridgehead atoms. The third kappa shape index (κ3) is 2.96. The van der Waals surface area contributed by atoms with Gasteiger partial charge >= 0.3 is 4.87 Å². The number of nitrogens with zero attached hydrogens (tertiary/aromatic N) is 2. The van der Waals surface area contributed by atoms with Gasteiger partial charge in [-0.3, -0.25) is 9.59 Å². The summed E-state index contributed by atoms with van der Waals surface area (Å²) in [4.78, 5) is 29.0. The van der Waals surface area contributed by atoms with Crippen LogP contribution in [0.2, 0.25) is 0 Å². The van der Waals surface area contributed by atoms with E-state index in [1.54, 1.807) is 42.5 Å². The van der Waals surface area contributed by atoms with Crippen molar-refractivity contribution in [3.8, 4) is 28.8 Å². The molecule has 0 aliphatic carbocycles. The Morgan fingerprint density at radius 1 is 1.20 bits per heavy atom. The summed E-state index contributed by atoms with van der Waals surface area (Å²) in [6.45, 7) is 0.120. The summed E-state index contributed by atoms with van der Waals surface area (Å²) in [5.41, 5.74) is 0.704. The van der Waals surface area contributed by atoms with Gasteiger partial charge in [-0.05, 0) is 30.4 Å². The van der Waals surface area contributed by atoms with Crippen LogP contribution in [0.5, 0.6) is 23.1 Å². The Labute approximate surface area is 173 Å². The third-order valence-corrected chi connectivity index (χ3v) is 5.59. The van der Waals surface area contributed by atoms with Crippen molar-refractivity contribution >= 4 is 29.4 Å². The van der Waals surface area contributed by atoms with Gasteiger partial charge in [0, 0.05) is 22.9 Å². The van der Waals surface area contributed by atoms with E-state index >= 15 is 0 Å². The van der Waals surface area contributed by atoms with Crippen LogP contribution in [-0.2, 0) is 4.79 Å². The summed E-state index contributed by atoms with van der Waals surface area (Å²) in [5.74, 6) is 0.927. The van der Waals surface area contributed by atoms with Crippen LogP contribution < -0.4 is 29.7 Å². The molecule has 0 radical (unpaired) electrons. The highest BCUT2D eigenvalue weighted by Gasteiger charge is 2.20. The molecule has 0 atom stereocenters. The Hall–Kier alpha value is -3.85. The highest BCUT2D eigenvalue weighted by atomic mass is 32.1. The number of thiazole rings is 1. The van der Waals surface area contributed by atoms with Crippen molar-refractivity contribution in [3.63, 3.8) is 0 Å². The van der Waals surface area contributed by atoms with E-state index in [1.807, 2.05) is 0 Å². The Balaban J connectivity index is 1.60. The molecule has 0 spiro atoms. The first-order chi connectivity index (χ1) is 14.5. The fraction of sp³-hybridized carbons (Fsp3) is 0.0952. The van der Waals surface area contributed by atoms with Crippen LogP contribution in [0.15, 0.2) is 51.8 Å². The van der Waals surface area contributed by atoms with Crippen LogP contribution in [0.4, 0.5) is 0 Å². The van der Waals surface area contributed by atoms with Crippen LogP contribution in [0.25, 0.3) is 17.8 Å². The molecule has 1 N–H and O–H groups in total. The monoisotopic (exact) mass is 422 g/mol. The number of carbonyl (C=O) groups is 1. The maximum Gasteiger partial charge on any atom is 0.315 e. The molecule has 0 saturated heterocycles. The first kappa shape index (κ1) is 18.2. The molecule has 150 valence electrons. The lowest BCUT2D eigenvalue weighted by atomic mass is 10.1. The average Bonchev–Trinajstić information content (AvgIpc) is 3.30. The molecule has 1 amide bonds. The van der Waals surface area contributed by atoms with E-state index in [9.17, 15) is 14.7 Å². The van der Waals surface area contributed by atoms with Gasteiger partial charge in [0.25, 0.3) is 5.91 Å². The van der Waals surface area contributed by atoms with Crippen molar-refractivity contribution < 1.29 is 24.1 Å². The number of amides is 1. The van der Waals surface area contributed by atoms with Crippen molar-refractivity contribution in [1.29, 1.82) is 0 Å². The molecule has 2 aliphatic heterocycles. The van der Waals surface area contributed by atoms with Crippen LogP contribution in [0, 0.1) is 0 Å². The number of methoxy groups -OCH3 is 1. The SMILES string of the molecule is COc1cccc(-n2c(O)c(/C=C3\C=c4cc5c(cc4=NC3=O)OCO5)sc2=O)c1. The zero-order valence-corrected chi connectivity index (χ0v) is 16.4. The maximum absolute atomic E-state index is 12.5. The lowest BCUT2D eigenvalue weighted by Crippen LogP contribution is -2.30. The van der Waals surface area contributed by atoms with Crippen molar-refractivity contribution in [2.45, 2.75) is 0 Å². The number of aromatic nitrogens is 1. The van der Waals surface area contributed by atoms with Gasteiger partial charge in [-0.2, -0.15) is 0 Å². The summed E-state index contributed by atoms with van der Waals surface area (Å²) < 4.78 is 17.0. The van der Waals surface area contributed by atoms with Gasteiger partial charge < -0.3 is 19.3 Å². The average molecular weight is 422 g/mol. The first-order valence-electron chi connectivity index (χ1n) is 8.89. The highest BCUT2D eigenvalue weighted by molar-refractivity contribution is 7.10. The second kappa shape index (κ2) is 6.89. The molecule has 1 aromatic heterocycles. The van der Waals surface area contributed by atoms with E-state index in [-0.39, 0.29) is 23.1 Å². The number of carbonyl (C=O) groups excluding carboxylic acids is 1. The topological polar surface area (TPSA) is 99.3 Å².